The zero-order chi connectivity index (χ0) is 13.0. The van der Waals surface area contributed by atoms with Crippen LogP contribution in [0.3, 0.4) is 0 Å². The highest BCUT2D eigenvalue weighted by Crippen LogP contribution is 2.24. The molecule has 1 saturated heterocycles. The fourth-order valence-electron chi connectivity index (χ4n) is 2.72. The van der Waals surface area contributed by atoms with Crippen molar-refractivity contribution in [3.05, 3.63) is 0 Å². The molecule has 1 amide bonds. The number of carbonyl (C=O) groups excluding carboxylic acids is 1. The van der Waals surface area contributed by atoms with Crippen LogP contribution in [0.25, 0.3) is 0 Å². The lowest BCUT2D eigenvalue weighted by Crippen LogP contribution is -2.57. The minimum Gasteiger partial charge on any atom is -0.393 e. The van der Waals surface area contributed by atoms with E-state index in [0.717, 1.165) is 25.7 Å². The Kier molecular flexibility index (Phi) is 4.59. The van der Waals surface area contributed by atoms with E-state index in [2.05, 4.69) is 5.32 Å². The van der Waals surface area contributed by atoms with Crippen molar-refractivity contribution in [2.45, 2.75) is 50.2 Å². The molecule has 0 bridgehead atoms. The summed E-state index contributed by atoms with van der Waals surface area (Å²) in [6.07, 6.45) is 4.73. The Balaban J connectivity index is 1.74. The van der Waals surface area contributed by atoms with Crippen LogP contribution in [0.1, 0.15) is 38.5 Å². The lowest BCUT2D eigenvalue weighted by atomic mass is 9.86. The van der Waals surface area contributed by atoms with E-state index in [9.17, 15) is 9.90 Å². The van der Waals surface area contributed by atoms with Crippen molar-refractivity contribution in [3.8, 4) is 0 Å². The Hall–Kier alpha value is -0.650. The van der Waals surface area contributed by atoms with Crippen LogP contribution in [0.15, 0.2) is 0 Å². The number of nitrogens with one attached hydrogen (secondary N) is 1. The third-order valence-corrected chi connectivity index (χ3v) is 4.20. The van der Waals surface area contributed by atoms with Crippen LogP contribution >= 0.6 is 0 Å². The number of rotatable bonds is 3. The van der Waals surface area contributed by atoms with Gasteiger partial charge in [-0.1, -0.05) is 0 Å². The maximum Gasteiger partial charge on any atom is 0.240 e. The first kappa shape index (κ1) is 13.8. The van der Waals surface area contributed by atoms with Crippen LogP contribution < -0.4 is 11.1 Å². The molecule has 1 heterocycles. The molecule has 1 saturated carbocycles. The van der Waals surface area contributed by atoms with Crippen molar-refractivity contribution in [1.82, 2.24) is 5.32 Å². The first-order chi connectivity index (χ1) is 8.60. The molecule has 5 nitrogen and oxygen atoms in total. The monoisotopic (exact) mass is 256 g/mol. The fraction of sp³-hybridized carbons (Fsp3) is 0.923. The van der Waals surface area contributed by atoms with Crippen molar-refractivity contribution in [1.29, 1.82) is 0 Å². The average molecular weight is 256 g/mol. The Morgan fingerprint density at radius 3 is 2.50 bits per heavy atom. The summed E-state index contributed by atoms with van der Waals surface area (Å²) in [6.45, 7) is 1.82. The normalized spacial score (nSPS) is 31.9. The van der Waals surface area contributed by atoms with Gasteiger partial charge >= 0.3 is 0 Å². The molecule has 4 N–H and O–H groups in total. The number of amides is 1. The van der Waals surface area contributed by atoms with E-state index in [1.54, 1.807) is 0 Å². The van der Waals surface area contributed by atoms with Gasteiger partial charge in [0.15, 0.2) is 0 Å². The van der Waals surface area contributed by atoms with Crippen molar-refractivity contribution < 1.29 is 14.6 Å². The van der Waals surface area contributed by atoms with Gasteiger partial charge in [0.25, 0.3) is 0 Å². The quantitative estimate of drug-likeness (QED) is 0.671. The van der Waals surface area contributed by atoms with Crippen LogP contribution in [-0.2, 0) is 9.53 Å². The first-order valence-electron chi connectivity index (χ1n) is 6.93. The van der Waals surface area contributed by atoms with Gasteiger partial charge in [-0.05, 0) is 44.4 Å². The summed E-state index contributed by atoms with van der Waals surface area (Å²) >= 11 is 0. The third kappa shape index (κ3) is 3.43. The number of aliphatic hydroxyl groups is 1. The van der Waals surface area contributed by atoms with Crippen LogP contribution in [-0.4, -0.2) is 42.4 Å². The maximum atomic E-state index is 12.1. The highest BCUT2D eigenvalue weighted by molar-refractivity contribution is 5.86. The number of aliphatic hydroxyl groups excluding tert-OH is 1. The van der Waals surface area contributed by atoms with Gasteiger partial charge in [0.1, 0.15) is 0 Å². The molecule has 0 aromatic carbocycles. The molecular formula is C13H24N2O3. The molecular weight excluding hydrogens is 232 g/mol. The molecule has 18 heavy (non-hydrogen) atoms. The second-order valence-corrected chi connectivity index (χ2v) is 5.65. The highest BCUT2D eigenvalue weighted by atomic mass is 16.5. The van der Waals surface area contributed by atoms with E-state index < -0.39 is 5.54 Å². The van der Waals surface area contributed by atoms with Gasteiger partial charge in [0.05, 0.1) is 11.6 Å². The standard InChI is InChI=1S/C13H24N2O3/c14-13(5-7-18-8-6-13)12(17)15-9-10-1-3-11(16)4-2-10/h10-11,16H,1-9,14H2,(H,15,17). The smallest absolute Gasteiger partial charge is 0.240 e. The second kappa shape index (κ2) is 5.99. The summed E-state index contributed by atoms with van der Waals surface area (Å²) in [5.74, 6) is 0.442. The van der Waals surface area contributed by atoms with Gasteiger partial charge in [-0.3, -0.25) is 4.79 Å². The predicted molar refractivity (Wildman–Crippen MR) is 67.9 cm³/mol. The summed E-state index contributed by atoms with van der Waals surface area (Å²) in [5.41, 5.74) is 5.36. The van der Waals surface area contributed by atoms with Gasteiger partial charge in [-0.2, -0.15) is 0 Å². The zero-order valence-electron chi connectivity index (χ0n) is 10.9. The summed E-state index contributed by atoms with van der Waals surface area (Å²) in [4.78, 5) is 12.1. The van der Waals surface area contributed by atoms with E-state index in [0.29, 0.717) is 38.5 Å². The van der Waals surface area contributed by atoms with E-state index in [-0.39, 0.29) is 12.0 Å². The highest BCUT2D eigenvalue weighted by Gasteiger charge is 2.36. The van der Waals surface area contributed by atoms with Crippen LogP contribution in [0, 0.1) is 5.92 Å². The zero-order valence-corrected chi connectivity index (χ0v) is 10.9. The van der Waals surface area contributed by atoms with Gasteiger partial charge in [0.2, 0.25) is 5.91 Å². The molecule has 0 unspecified atom stereocenters. The molecule has 0 atom stereocenters. The van der Waals surface area contributed by atoms with Gasteiger partial charge in [-0.25, -0.2) is 0 Å². The van der Waals surface area contributed by atoms with Crippen molar-refractivity contribution in [2.24, 2.45) is 11.7 Å². The Labute approximate surface area is 108 Å². The number of hydrogen-bond donors (Lipinski definition) is 3. The average Bonchev–Trinajstić information content (AvgIpc) is 2.38. The van der Waals surface area contributed by atoms with Gasteiger partial charge in [0, 0.05) is 19.8 Å². The summed E-state index contributed by atoms with van der Waals surface area (Å²) in [6, 6.07) is 0. The largest absolute Gasteiger partial charge is 0.393 e. The first-order valence-corrected chi connectivity index (χ1v) is 6.93. The van der Waals surface area contributed by atoms with Crippen molar-refractivity contribution in [3.63, 3.8) is 0 Å². The van der Waals surface area contributed by atoms with E-state index in [1.807, 2.05) is 0 Å². The van der Waals surface area contributed by atoms with E-state index >= 15 is 0 Å². The van der Waals surface area contributed by atoms with E-state index in [4.69, 9.17) is 10.5 Å². The molecule has 1 aliphatic heterocycles. The molecule has 0 radical (unpaired) electrons. The van der Waals surface area contributed by atoms with Crippen LogP contribution in [0.2, 0.25) is 0 Å². The van der Waals surface area contributed by atoms with E-state index in [1.165, 1.54) is 0 Å². The maximum absolute atomic E-state index is 12.1. The van der Waals surface area contributed by atoms with Crippen LogP contribution in [0.4, 0.5) is 0 Å². The molecule has 104 valence electrons. The minimum atomic E-state index is -0.744. The van der Waals surface area contributed by atoms with Crippen LogP contribution in [0.5, 0.6) is 0 Å². The van der Waals surface area contributed by atoms with Crippen molar-refractivity contribution in [2.75, 3.05) is 19.8 Å². The molecule has 2 aliphatic rings. The second-order valence-electron chi connectivity index (χ2n) is 5.65. The number of nitrogens with two attached hydrogens (primary N) is 1. The fourth-order valence-corrected chi connectivity index (χ4v) is 2.72. The topological polar surface area (TPSA) is 84.6 Å². The molecule has 2 fully saturated rings. The minimum absolute atomic E-state index is 0.0445. The number of hydrogen-bond acceptors (Lipinski definition) is 4. The molecule has 5 heteroatoms. The number of ether oxygens (including phenoxy) is 1. The third-order valence-electron chi connectivity index (χ3n) is 4.20. The van der Waals surface area contributed by atoms with Gasteiger partial charge in [-0.15, -0.1) is 0 Å². The van der Waals surface area contributed by atoms with Gasteiger partial charge < -0.3 is 20.9 Å². The molecule has 0 aromatic heterocycles. The van der Waals surface area contributed by atoms with Crippen molar-refractivity contribution >= 4 is 5.91 Å². The SMILES string of the molecule is NC1(C(=O)NCC2CCC(O)CC2)CCOCC1. The predicted octanol–water partition coefficient (Wildman–Crippen LogP) is 0.162. The molecule has 2 rings (SSSR count). The number of carbonyl (C=O) groups is 1. The Morgan fingerprint density at radius 2 is 1.89 bits per heavy atom. The lowest BCUT2D eigenvalue weighted by Gasteiger charge is -2.33. The molecule has 0 spiro atoms. The summed E-state index contributed by atoms with van der Waals surface area (Å²) in [7, 11) is 0. The molecule has 0 aromatic rings. The summed E-state index contributed by atoms with van der Waals surface area (Å²) < 4.78 is 5.23. The lowest BCUT2D eigenvalue weighted by molar-refractivity contribution is -0.130. The summed E-state index contributed by atoms with van der Waals surface area (Å²) in [5, 5.41) is 12.4. The Morgan fingerprint density at radius 1 is 1.28 bits per heavy atom. The Bertz CT molecular complexity index is 282. The molecule has 1 aliphatic carbocycles.